The Morgan fingerprint density at radius 2 is 2.17 bits per heavy atom. The molecule has 94 valence electrons. The van der Waals surface area contributed by atoms with Gasteiger partial charge in [-0.15, -0.1) is 0 Å². The highest BCUT2D eigenvalue weighted by atomic mass is 19.1. The van der Waals surface area contributed by atoms with E-state index in [0.717, 1.165) is 5.69 Å². The van der Waals surface area contributed by atoms with Crippen molar-refractivity contribution in [1.82, 2.24) is 9.97 Å². The van der Waals surface area contributed by atoms with Gasteiger partial charge in [0, 0.05) is 18.3 Å². The minimum atomic E-state index is -0.847. The van der Waals surface area contributed by atoms with Crippen molar-refractivity contribution in [3.8, 4) is 0 Å². The van der Waals surface area contributed by atoms with Crippen LogP contribution >= 0.6 is 0 Å². The number of carbonyl (C=O) groups is 1. The van der Waals surface area contributed by atoms with Crippen molar-refractivity contribution < 1.29 is 14.3 Å². The third-order valence-corrected chi connectivity index (χ3v) is 2.61. The first-order chi connectivity index (χ1) is 8.65. The number of halogens is 1. The lowest BCUT2D eigenvalue weighted by Crippen LogP contribution is -1.98. The van der Waals surface area contributed by atoms with Crippen molar-refractivity contribution >= 4 is 5.97 Å². The van der Waals surface area contributed by atoms with Gasteiger partial charge < -0.3 is 10.1 Å². The van der Waals surface area contributed by atoms with Crippen molar-refractivity contribution in [2.75, 3.05) is 0 Å². The van der Waals surface area contributed by atoms with Crippen LogP contribution in [0.15, 0.2) is 30.5 Å². The number of aromatic amines is 1. The molecule has 4 nitrogen and oxygen atoms in total. The smallest absolute Gasteiger partial charge is 0.303 e. The van der Waals surface area contributed by atoms with E-state index in [2.05, 4.69) is 9.97 Å². The molecule has 0 aliphatic heterocycles. The Balaban J connectivity index is 2.02. The lowest BCUT2D eigenvalue weighted by atomic mass is 10.1. The normalized spacial score (nSPS) is 10.5. The van der Waals surface area contributed by atoms with Gasteiger partial charge in [0.2, 0.25) is 0 Å². The van der Waals surface area contributed by atoms with Crippen LogP contribution in [0.1, 0.15) is 23.5 Å². The number of imidazole rings is 1. The van der Waals surface area contributed by atoms with Crippen molar-refractivity contribution in [3.63, 3.8) is 0 Å². The van der Waals surface area contributed by atoms with Crippen LogP contribution in [0.4, 0.5) is 4.39 Å². The molecule has 0 radical (unpaired) electrons. The molecule has 0 spiro atoms. The number of benzene rings is 1. The molecule has 1 heterocycles. The molecule has 0 aliphatic rings. The molecule has 1 aromatic heterocycles. The Morgan fingerprint density at radius 3 is 2.89 bits per heavy atom. The molecule has 0 amide bonds. The topological polar surface area (TPSA) is 66.0 Å². The van der Waals surface area contributed by atoms with Gasteiger partial charge in [-0.3, -0.25) is 4.79 Å². The summed E-state index contributed by atoms with van der Waals surface area (Å²) in [5, 5.41) is 8.57. The van der Waals surface area contributed by atoms with Gasteiger partial charge in [0.1, 0.15) is 11.6 Å². The molecule has 5 heteroatoms. The fourth-order valence-corrected chi connectivity index (χ4v) is 1.69. The number of hydrogen-bond donors (Lipinski definition) is 2. The maximum atomic E-state index is 13.4. The first kappa shape index (κ1) is 12.3. The molecule has 18 heavy (non-hydrogen) atoms. The summed E-state index contributed by atoms with van der Waals surface area (Å²) >= 11 is 0. The number of aliphatic carboxylic acids is 1. The Labute approximate surface area is 103 Å². The van der Waals surface area contributed by atoms with Gasteiger partial charge in [-0.2, -0.15) is 0 Å². The van der Waals surface area contributed by atoms with Gasteiger partial charge in [0.15, 0.2) is 0 Å². The second-order valence-electron chi connectivity index (χ2n) is 4.02. The maximum Gasteiger partial charge on any atom is 0.303 e. The van der Waals surface area contributed by atoms with Crippen molar-refractivity contribution in [2.45, 2.75) is 19.3 Å². The van der Waals surface area contributed by atoms with Gasteiger partial charge in [-0.1, -0.05) is 18.2 Å². The molecule has 0 aliphatic carbocycles. The van der Waals surface area contributed by atoms with Gasteiger partial charge in [0.25, 0.3) is 0 Å². The van der Waals surface area contributed by atoms with Gasteiger partial charge >= 0.3 is 5.97 Å². The molecule has 2 N–H and O–H groups in total. The zero-order valence-electron chi connectivity index (χ0n) is 9.69. The predicted octanol–water partition coefficient (Wildman–Crippen LogP) is 2.16. The lowest BCUT2D eigenvalue weighted by Gasteiger charge is -1.99. The van der Waals surface area contributed by atoms with Crippen molar-refractivity contribution in [1.29, 1.82) is 0 Å². The fraction of sp³-hybridized carbons (Fsp3) is 0.231. The number of nitrogens with one attached hydrogen (secondary N) is 1. The van der Waals surface area contributed by atoms with Crippen LogP contribution in [0.2, 0.25) is 0 Å². The predicted molar refractivity (Wildman–Crippen MR) is 63.8 cm³/mol. The molecule has 0 saturated heterocycles. The number of aromatic nitrogens is 2. The quantitative estimate of drug-likeness (QED) is 0.852. The SMILES string of the molecule is O=C(O)CCc1cnc(Cc2ccccc2F)[nH]1. The van der Waals surface area contributed by atoms with Gasteiger partial charge in [-0.05, 0) is 18.1 Å². The highest BCUT2D eigenvalue weighted by Crippen LogP contribution is 2.11. The Kier molecular flexibility index (Phi) is 3.72. The van der Waals surface area contributed by atoms with E-state index in [4.69, 9.17) is 5.11 Å². The first-order valence-electron chi connectivity index (χ1n) is 5.63. The molecule has 2 aromatic rings. The summed E-state index contributed by atoms with van der Waals surface area (Å²) in [6, 6.07) is 6.52. The lowest BCUT2D eigenvalue weighted by molar-refractivity contribution is -0.136. The molecular formula is C13H13FN2O2. The zero-order valence-corrected chi connectivity index (χ0v) is 9.69. The van der Waals surface area contributed by atoms with E-state index in [1.54, 1.807) is 24.4 Å². The van der Waals surface area contributed by atoms with Crippen LogP contribution in [0.25, 0.3) is 0 Å². The summed E-state index contributed by atoms with van der Waals surface area (Å²) < 4.78 is 13.4. The van der Waals surface area contributed by atoms with Crippen molar-refractivity contribution in [2.24, 2.45) is 0 Å². The Hall–Kier alpha value is -2.17. The summed E-state index contributed by atoms with van der Waals surface area (Å²) in [7, 11) is 0. The molecule has 0 atom stereocenters. The standard InChI is InChI=1S/C13H13FN2O2/c14-11-4-2-1-3-9(11)7-12-15-8-10(16-12)5-6-13(17)18/h1-4,8H,5-7H2,(H,15,16)(H,17,18). The van der Waals surface area contributed by atoms with Crippen LogP contribution < -0.4 is 0 Å². The average molecular weight is 248 g/mol. The van der Waals surface area contributed by atoms with Gasteiger partial charge in [0.05, 0.1) is 6.42 Å². The number of carboxylic acid groups (broad SMARTS) is 1. The van der Waals surface area contributed by atoms with Crippen LogP contribution in [-0.2, 0) is 17.6 Å². The highest BCUT2D eigenvalue weighted by Gasteiger charge is 2.06. The fourth-order valence-electron chi connectivity index (χ4n) is 1.69. The van der Waals surface area contributed by atoms with Crippen molar-refractivity contribution in [3.05, 3.63) is 53.4 Å². The van der Waals surface area contributed by atoms with E-state index in [1.807, 2.05) is 0 Å². The van der Waals surface area contributed by atoms with E-state index in [0.29, 0.717) is 24.2 Å². The summed E-state index contributed by atoms with van der Waals surface area (Å²) in [6.45, 7) is 0. The first-order valence-corrected chi connectivity index (χ1v) is 5.63. The minimum Gasteiger partial charge on any atom is -0.481 e. The second kappa shape index (κ2) is 5.44. The van der Waals surface area contributed by atoms with Crippen LogP contribution in [0.5, 0.6) is 0 Å². The second-order valence-corrected chi connectivity index (χ2v) is 4.02. The Morgan fingerprint density at radius 1 is 1.39 bits per heavy atom. The maximum absolute atomic E-state index is 13.4. The molecule has 0 unspecified atom stereocenters. The third kappa shape index (κ3) is 3.16. The van der Waals surface area contributed by atoms with E-state index in [9.17, 15) is 9.18 Å². The molecule has 1 aromatic carbocycles. The zero-order chi connectivity index (χ0) is 13.0. The molecule has 0 saturated carbocycles. The van der Waals surface area contributed by atoms with Gasteiger partial charge in [-0.25, -0.2) is 9.37 Å². The largest absolute Gasteiger partial charge is 0.481 e. The van der Waals surface area contributed by atoms with Crippen LogP contribution in [0.3, 0.4) is 0 Å². The third-order valence-electron chi connectivity index (χ3n) is 2.61. The number of nitrogens with zero attached hydrogens (tertiary/aromatic N) is 1. The van der Waals surface area contributed by atoms with E-state index < -0.39 is 5.97 Å². The number of H-pyrrole nitrogens is 1. The van der Waals surface area contributed by atoms with E-state index in [-0.39, 0.29) is 12.2 Å². The molecule has 0 bridgehead atoms. The molecule has 2 rings (SSSR count). The summed E-state index contributed by atoms with van der Waals surface area (Å²) in [5.74, 6) is -0.471. The summed E-state index contributed by atoms with van der Waals surface area (Å²) in [6.07, 6.45) is 2.43. The number of rotatable bonds is 5. The Bertz CT molecular complexity index is 551. The number of carboxylic acids is 1. The minimum absolute atomic E-state index is 0.0569. The van der Waals surface area contributed by atoms with Crippen LogP contribution in [0, 0.1) is 5.82 Å². The molecule has 0 fully saturated rings. The van der Waals surface area contributed by atoms with Crippen LogP contribution in [-0.4, -0.2) is 21.0 Å². The molecular weight excluding hydrogens is 235 g/mol. The average Bonchev–Trinajstić information content (AvgIpc) is 2.77. The van der Waals surface area contributed by atoms with E-state index in [1.165, 1.54) is 6.07 Å². The summed E-state index contributed by atoms with van der Waals surface area (Å²) in [4.78, 5) is 17.5. The monoisotopic (exact) mass is 248 g/mol. The highest BCUT2D eigenvalue weighted by molar-refractivity contribution is 5.66. The number of aryl methyl sites for hydroxylation is 1. The number of hydrogen-bond acceptors (Lipinski definition) is 2. The summed E-state index contributed by atoms with van der Waals surface area (Å²) in [5.41, 5.74) is 1.32. The van der Waals surface area contributed by atoms with E-state index >= 15 is 0 Å².